The van der Waals surface area contributed by atoms with E-state index in [1.807, 2.05) is 21.9 Å². The van der Waals surface area contributed by atoms with Gasteiger partial charge in [0, 0.05) is 63.3 Å². The molecule has 6 heteroatoms. The zero-order chi connectivity index (χ0) is 20.7. The molecule has 1 aromatic heterocycles. The summed E-state index contributed by atoms with van der Waals surface area (Å²) in [4.78, 5) is 36.6. The van der Waals surface area contributed by atoms with Gasteiger partial charge in [-0.05, 0) is 68.9 Å². The first kappa shape index (κ1) is 19.8. The Balaban J connectivity index is 1.14. The van der Waals surface area contributed by atoms with Gasteiger partial charge in [0.05, 0.1) is 5.92 Å². The molecule has 0 bridgehead atoms. The lowest BCUT2D eigenvalue weighted by molar-refractivity contribution is -0.145. The van der Waals surface area contributed by atoms with Gasteiger partial charge in [0.1, 0.15) is 0 Å². The Bertz CT molecular complexity index is 765. The maximum Gasteiger partial charge on any atom is 0.227 e. The van der Waals surface area contributed by atoms with Crippen LogP contribution in [0.3, 0.4) is 0 Å². The Morgan fingerprint density at radius 1 is 1.00 bits per heavy atom. The first-order chi connectivity index (χ1) is 14.6. The second-order valence-electron chi connectivity index (χ2n) is 9.90. The molecule has 0 spiro atoms. The first-order valence-corrected chi connectivity index (χ1v) is 11.8. The fraction of sp³-hybridized carbons (Fsp3) is 0.708. The third-order valence-corrected chi connectivity index (χ3v) is 7.69. The molecule has 2 saturated heterocycles. The number of anilines is 1. The largest absolute Gasteiger partial charge is 0.371 e. The van der Waals surface area contributed by atoms with E-state index in [4.69, 9.17) is 0 Å². The normalized spacial score (nSPS) is 27.1. The Kier molecular flexibility index (Phi) is 5.42. The Labute approximate surface area is 179 Å². The molecule has 4 fully saturated rings. The summed E-state index contributed by atoms with van der Waals surface area (Å²) in [7, 11) is 0. The molecular formula is C24H34N4O2. The number of carbonyl (C=O) groups is 2. The first-order valence-electron chi connectivity index (χ1n) is 11.8. The summed E-state index contributed by atoms with van der Waals surface area (Å²) in [5.74, 6) is 2.89. The van der Waals surface area contributed by atoms with Crippen molar-refractivity contribution in [1.29, 1.82) is 0 Å². The lowest BCUT2D eigenvalue weighted by Crippen LogP contribution is -2.57. The van der Waals surface area contributed by atoms with Crippen LogP contribution < -0.4 is 4.90 Å². The van der Waals surface area contributed by atoms with E-state index in [1.165, 1.54) is 25.7 Å². The average molecular weight is 411 g/mol. The third-order valence-electron chi connectivity index (χ3n) is 7.69. The number of carbonyl (C=O) groups excluding carboxylic acids is 2. The minimum atomic E-state index is 0.0528. The highest BCUT2D eigenvalue weighted by Crippen LogP contribution is 2.50. The Morgan fingerprint density at radius 3 is 2.33 bits per heavy atom. The zero-order valence-electron chi connectivity index (χ0n) is 18.1. The Hall–Kier alpha value is -2.11. The van der Waals surface area contributed by atoms with Gasteiger partial charge >= 0.3 is 0 Å². The van der Waals surface area contributed by atoms with Gasteiger partial charge in [-0.25, -0.2) is 0 Å². The number of hydrogen-bond acceptors (Lipinski definition) is 4. The van der Waals surface area contributed by atoms with Gasteiger partial charge < -0.3 is 14.7 Å². The number of piperazine rings is 1. The zero-order valence-corrected chi connectivity index (χ0v) is 18.1. The number of nitrogens with zero attached hydrogens (tertiary/aromatic N) is 4. The van der Waals surface area contributed by atoms with Crippen LogP contribution >= 0.6 is 0 Å². The van der Waals surface area contributed by atoms with Gasteiger partial charge in [0.15, 0.2) is 0 Å². The maximum atomic E-state index is 13.2. The van der Waals surface area contributed by atoms with Crippen molar-refractivity contribution in [3.63, 3.8) is 0 Å². The molecule has 30 heavy (non-hydrogen) atoms. The monoisotopic (exact) mass is 410 g/mol. The molecule has 2 atom stereocenters. The summed E-state index contributed by atoms with van der Waals surface area (Å²) in [6.07, 6.45) is 10.5. The van der Waals surface area contributed by atoms with Crippen molar-refractivity contribution in [1.82, 2.24) is 14.8 Å². The van der Waals surface area contributed by atoms with Crippen molar-refractivity contribution in [3.05, 3.63) is 24.5 Å². The lowest BCUT2D eigenvalue weighted by atomic mass is 9.93. The summed E-state index contributed by atoms with van der Waals surface area (Å²) >= 11 is 0. The van der Waals surface area contributed by atoms with E-state index < -0.39 is 0 Å². The van der Waals surface area contributed by atoms with E-state index in [0.717, 1.165) is 43.5 Å². The van der Waals surface area contributed by atoms with Gasteiger partial charge in [-0.2, -0.15) is 0 Å². The molecule has 5 rings (SSSR count). The predicted octanol–water partition coefficient (Wildman–Crippen LogP) is 2.79. The Morgan fingerprint density at radius 2 is 1.70 bits per heavy atom. The number of hydrogen-bond donors (Lipinski definition) is 0. The van der Waals surface area contributed by atoms with Crippen LogP contribution in [0.2, 0.25) is 0 Å². The third kappa shape index (κ3) is 4.19. The van der Waals surface area contributed by atoms with Gasteiger partial charge in [-0.1, -0.05) is 0 Å². The van der Waals surface area contributed by atoms with E-state index in [1.54, 1.807) is 12.4 Å². The van der Waals surface area contributed by atoms with E-state index in [0.29, 0.717) is 31.5 Å². The van der Waals surface area contributed by atoms with E-state index in [9.17, 15) is 9.59 Å². The molecule has 0 N–H and O–H groups in total. The summed E-state index contributed by atoms with van der Waals surface area (Å²) in [6, 6.07) is 4.12. The SMILES string of the molecule is CC1CN(C(=O)CC(C2CC2)C2CC2)CCN1C(=O)C1CCN(c2ccncc2)C1. The molecule has 2 unspecified atom stereocenters. The summed E-state index contributed by atoms with van der Waals surface area (Å²) in [5.41, 5.74) is 1.14. The molecule has 3 heterocycles. The second kappa shape index (κ2) is 8.20. The highest BCUT2D eigenvalue weighted by Gasteiger charge is 2.43. The van der Waals surface area contributed by atoms with Crippen molar-refractivity contribution >= 4 is 17.5 Å². The number of rotatable bonds is 6. The van der Waals surface area contributed by atoms with Gasteiger partial charge in [0.25, 0.3) is 0 Å². The number of aromatic nitrogens is 1. The quantitative estimate of drug-likeness (QED) is 0.724. The molecule has 1 aromatic rings. The summed E-state index contributed by atoms with van der Waals surface area (Å²) in [6.45, 7) is 5.85. The van der Waals surface area contributed by atoms with Crippen LogP contribution in [-0.4, -0.2) is 65.4 Å². The van der Waals surface area contributed by atoms with Crippen LogP contribution in [0.4, 0.5) is 5.69 Å². The highest BCUT2D eigenvalue weighted by atomic mass is 16.2. The average Bonchev–Trinajstić information content (AvgIpc) is 3.70. The van der Waals surface area contributed by atoms with E-state index in [2.05, 4.69) is 16.8 Å². The van der Waals surface area contributed by atoms with Crippen LogP contribution in [0.5, 0.6) is 0 Å². The molecule has 4 aliphatic rings. The van der Waals surface area contributed by atoms with E-state index >= 15 is 0 Å². The standard InChI is InChI=1S/C24H34N4O2/c1-17-15-27(23(29)14-22(18-2-3-18)19-4-5-19)12-13-28(17)24(30)20-8-11-26(16-20)21-6-9-25-10-7-21/h6-7,9-10,17-20,22H,2-5,8,11-16H2,1H3. The van der Waals surface area contributed by atoms with Crippen LogP contribution in [-0.2, 0) is 9.59 Å². The predicted molar refractivity (Wildman–Crippen MR) is 116 cm³/mol. The van der Waals surface area contributed by atoms with Gasteiger partial charge in [-0.3, -0.25) is 14.6 Å². The van der Waals surface area contributed by atoms with Crippen LogP contribution in [0.25, 0.3) is 0 Å². The lowest BCUT2D eigenvalue weighted by Gasteiger charge is -2.41. The molecule has 2 aliphatic heterocycles. The highest BCUT2D eigenvalue weighted by molar-refractivity contribution is 5.81. The molecule has 0 radical (unpaired) electrons. The van der Waals surface area contributed by atoms with E-state index in [-0.39, 0.29) is 17.9 Å². The maximum absolute atomic E-state index is 13.2. The molecule has 2 aliphatic carbocycles. The molecule has 2 saturated carbocycles. The van der Waals surface area contributed by atoms with Crippen molar-refractivity contribution in [2.45, 2.75) is 51.5 Å². The van der Waals surface area contributed by atoms with Crippen molar-refractivity contribution in [2.24, 2.45) is 23.7 Å². The minimum absolute atomic E-state index is 0.0528. The number of amides is 2. The molecule has 2 amide bonds. The topological polar surface area (TPSA) is 56.8 Å². The molecule has 162 valence electrons. The summed E-state index contributed by atoms with van der Waals surface area (Å²) < 4.78 is 0. The number of pyridine rings is 1. The van der Waals surface area contributed by atoms with Crippen LogP contribution in [0.1, 0.15) is 45.4 Å². The second-order valence-corrected chi connectivity index (χ2v) is 9.90. The fourth-order valence-electron chi connectivity index (χ4n) is 5.59. The molecular weight excluding hydrogens is 376 g/mol. The molecule has 0 aromatic carbocycles. The van der Waals surface area contributed by atoms with Crippen molar-refractivity contribution in [3.8, 4) is 0 Å². The smallest absolute Gasteiger partial charge is 0.227 e. The van der Waals surface area contributed by atoms with Crippen molar-refractivity contribution < 1.29 is 9.59 Å². The van der Waals surface area contributed by atoms with Gasteiger partial charge in [0.2, 0.25) is 11.8 Å². The van der Waals surface area contributed by atoms with Crippen molar-refractivity contribution in [2.75, 3.05) is 37.6 Å². The van der Waals surface area contributed by atoms with Crippen LogP contribution in [0, 0.1) is 23.7 Å². The van der Waals surface area contributed by atoms with Gasteiger partial charge in [-0.15, -0.1) is 0 Å². The molecule has 6 nitrogen and oxygen atoms in total. The fourth-order valence-corrected chi connectivity index (χ4v) is 5.59. The summed E-state index contributed by atoms with van der Waals surface area (Å²) in [5, 5.41) is 0. The van der Waals surface area contributed by atoms with Crippen LogP contribution in [0.15, 0.2) is 24.5 Å². The minimum Gasteiger partial charge on any atom is -0.371 e.